The topological polar surface area (TPSA) is 76.6 Å². The predicted octanol–water partition coefficient (Wildman–Crippen LogP) is 2.75. The van der Waals surface area contributed by atoms with Crippen LogP contribution >= 0.6 is 0 Å². The molecule has 28 heavy (non-hydrogen) atoms. The molecule has 1 aliphatic heterocycles. The molecule has 3 rings (SSSR count). The molecule has 0 aliphatic carbocycles. The van der Waals surface area contributed by atoms with Crippen molar-refractivity contribution >= 4 is 17.9 Å². The van der Waals surface area contributed by atoms with Crippen LogP contribution in [0.15, 0.2) is 42.7 Å². The molecule has 0 unspecified atom stereocenters. The smallest absolute Gasteiger partial charge is 0.330 e. The van der Waals surface area contributed by atoms with Gasteiger partial charge in [-0.05, 0) is 37.1 Å². The van der Waals surface area contributed by atoms with Crippen LogP contribution in [0.4, 0.5) is 5.82 Å². The number of ether oxygens (including phenoxy) is 2. The van der Waals surface area contributed by atoms with Crippen molar-refractivity contribution in [1.82, 2.24) is 14.9 Å². The van der Waals surface area contributed by atoms with Crippen LogP contribution in [-0.2, 0) is 16.1 Å². The van der Waals surface area contributed by atoms with Crippen molar-refractivity contribution in [2.24, 2.45) is 0 Å². The third kappa shape index (κ3) is 5.79. The molecule has 0 amide bonds. The molecule has 2 aromatic rings. The Labute approximate surface area is 165 Å². The van der Waals surface area contributed by atoms with Gasteiger partial charge in [-0.1, -0.05) is 12.1 Å². The van der Waals surface area contributed by atoms with E-state index in [0.717, 1.165) is 37.6 Å². The summed E-state index contributed by atoms with van der Waals surface area (Å²) in [6.45, 7) is 5.01. The second-order valence-corrected chi connectivity index (χ2v) is 6.63. The van der Waals surface area contributed by atoms with E-state index in [2.05, 4.69) is 32.3 Å². The second kappa shape index (κ2) is 9.85. The Kier molecular flexibility index (Phi) is 6.97. The highest BCUT2D eigenvalue weighted by atomic mass is 16.5. The van der Waals surface area contributed by atoms with Crippen LogP contribution < -0.4 is 10.1 Å². The maximum atomic E-state index is 11.3. The third-order valence-electron chi connectivity index (χ3n) is 4.51. The van der Waals surface area contributed by atoms with Crippen LogP contribution in [-0.4, -0.2) is 53.7 Å². The normalized spacial score (nSPS) is 17.0. The minimum atomic E-state index is -0.381. The van der Waals surface area contributed by atoms with Gasteiger partial charge in [0, 0.05) is 31.8 Å². The van der Waals surface area contributed by atoms with E-state index >= 15 is 0 Å². The summed E-state index contributed by atoms with van der Waals surface area (Å²) in [6.07, 6.45) is 7.33. The lowest BCUT2D eigenvalue weighted by atomic mass is 10.2. The lowest BCUT2D eigenvalue weighted by Crippen LogP contribution is -2.26. The molecule has 0 radical (unpaired) electrons. The van der Waals surface area contributed by atoms with E-state index in [0.29, 0.717) is 18.3 Å². The number of rotatable bonds is 8. The summed E-state index contributed by atoms with van der Waals surface area (Å²) in [5.74, 6) is 1.24. The molecule has 1 aliphatic rings. The second-order valence-electron chi connectivity index (χ2n) is 6.63. The van der Waals surface area contributed by atoms with Crippen molar-refractivity contribution in [3.8, 4) is 5.75 Å². The van der Waals surface area contributed by atoms with Gasteiger partial charge < -0.3 is 14.8 Å². The first-order valence-corrected chi connectivity index (χ1v) is 9.45. The lowest BCUT2D eigenvalue weighted by Gasteiger charge is -2.17. The number of aromatic nitrogens is 2. The fourth-order valence-electron chi connectivity index (χ4n) is 3.17. The highest BCUT2D eigenvalue weighted by Gasteiger charge is 2.22. The van der Waals surface area contributed by atoms with Gasteiger partial charge in [-0.3, -0.25) is 9.88 Å². The summed E-state index contributed by atoms with van der Waals surface area (Å²) in [6, 6.07) is 8.52. The van der Waals surface area contributed by atoms with Gasteiger partial charge in [0.25, 0.3) is 0 Å². The minimum Gasteiger partial charge on any atom is -0.497 e. The SMILES string of the molecule is CCOC(=O)C=Cc1cnc(N[C@@H]2CCN(Cc3cccc(OC)c3)C2)cn1. The standard InChI is InChI=1S/C21H26N4O3/c1-3-28-21(26)8-7-17-12-23-20(13-22-17)24-18-9-10-25(15-18)14-16-5-4-6-19(11-16)27-2/h4-8,11-13,18H,3,9-10,14-15H2,1-2H3,(H,23,24)/t18-/m1/s1. The molecule has 7 nitrogen and oxygen atoms in total. The van der Waals surface area contributed by atoms with E-state index in [1.807, 2.05) is 12.1 Å². The quantitative estimate of drug-likeness (QED) is 0.556. The molecule has 148 valence electrons. The Bertz CT molecular complexity index is 808. The highest BCUT2D eigenvalue weighted by Crippen LogP contribution is 2.19. The average Bonchev–Trinajstić information content (AvgIpc) is 3.14. The van der Waals surface area contributed by atoms with Crippen molar-refractivity contribution in [3.63, 3.8) is 0 Å². The Hall–Kier alpha value is -2.93. The Morgan fingerprint density at radius 1 is 1.36 bits per heavy atom. The van der Waals surface area contributed by atoms with Gasteiger partial charge in [0.1, 0.15) is 11.6 Å². The van der Waals surface area contributed by atoms with Gasteiger partial charge in [0.2, 0.25) is 0 Å². The molecule has 7 heteroatoms. The summed E-state index contributed by atoms with van der Waals surface area (Å²) in [7, 11) is 1.69. The molecule has 1 aromatic heterocycles. The molecular formula is C21H26N4O3. The zero-order valence-electron chi connectivity index (χ0n) is 16.3. The number of hydrogen-bond donors (Lipinski definition) is 1. The first-order valence-electron chi connectivity index (χ1n) is 9.45. The van der Waals surface area contributed by atoms with Crippen LogP contribution in [0.5, 0.6) is 5.75 Å². The molecule has 1 atom stereocenters. The van der Waals surface area contributed by atoms with E-state index in [9.17, 15) is 4.79 Å². The maximum absolute atomic E-state index is 11.3. The van der Waals surface area contributed by atoms with Crippen molar-refractivity contribution in [3.05, 3.63) is 54.0 Å². The van der Waals surface area contributed by atoms with Gasteiger partial charge in [0.15, 0.2) is 0 Å². The van der Waals surface area contributed by atoms with E-state index in [4.69, 9.17) is 9.47 Å². The Morgan fingerprint density at radius 2 is 2.25 bits per heavy atom. The summed E-state index contributed by atoms with van der Waals surface area (Å²) in [5, 5.41) is 3.44. The van der Waals surface area contributed by atoms with Gasteiger partial charge in [-0.25, -0.2) is 9.78 Å². The number of carbonyl (C=O) groups excluding carboxylic acids is 1. The monoisotopic (exact) mass is 382 g/mol. The van der Waals surface area contributed by atoms with Crippen LogP contribution in [0.25, 0.3) is 6.08 Å². The summed E-state index contributed by atoms with van der Waals surface area (Å²) in [5.41, 5.74) is 1.86. The number of nitrogens with zero attached hydrogens (tertiary/aromatic N) is 3. The third-order valence-corrected chi connectivity index (χ3v) is 4.51. The molecule has 0 saturated carbocycles. The van der Waals surface area contributed by atoms with E-state index < -0.39 is 0 Å². The zero-order chi connectivity index (χ0) is 19.8. The lowest BCUT2D eigenvalue weighted by molar-refractivity contribution is -0.137. The number of benzene rings is 1. The number of esters is 1. The molecule has 1 aromatic carbocycles. The van der Waals surface area contributed by atoms with Gasteiger partial charge in [-0.2, -0.15) is 0 Å². The molecule has 0 bridgehead atoms. The van der Waals surface area contributed by atoms with Crippen molar-refractivity contribution < 1.29 is 14.3 Å². The molecule has 0 spiro atoms. The summed E-state index contributed by atoms with van der Waals surface area (Å²) >= 11 is 0. The van der Waals surface area contributed by atoms with Crippen molar-refractivity contribution in [2.45, 2.75) is 25.9 Å². The molecule has 1 fully saturated rings. The number of methoxy groups -OCH3 is 1. The van der Waals surface area contributed by atoms with Crippen molar-refractivity contribution in [1.29, 1.82) is 0 Å². The first kappa shape index (κ1) is 19.8. The van der Waals surface area contributed by atoms with Crippen LogP contribution in [0.3, 0.4) is 0 Å². The maximum Gasteiger partial charge on any atom is 0.330 e. The predicted molar refractivity (Wildman–Crippen MR) is 108 cm³/mol. The number of nitrogens with one attached hydrogen (secondary N) is 1. The first-order chi connectivity index (χ1) is 13.7. The van der Waals surface area contributed by atoms with E-state index in [1.54, 1.807) is 32.5 Å². The fraction of sp³-hybridized carbons (Fsp3) is 0.381. The van der Waals surface area contributed by atoms with Crippen LogP contribution in [0, 0.1) is 0 Å². The van der Waals surface area contributed by atoms with E-state index in [1.165, 1.54) is 11.6 Å². The summed E-state index contributed by atoms with van der Waals surface area (Å²) in [4.78, 5) is 22.4. The number of hydrogen-bond acceptors (Lipinski definition) is 7. The minimum absolute atomic E-state index is 0.334. The van der Waals surface area contributed by atoms with Gasteiger partial charge >= 0.3 is 5.97 Å². The van der Waals surface area contributed by atoms with E-state index in [-0.39, 0.29) is 5.97 Å². The zero-order valence-corrected chi connectivity index (χ0v) is 16.3. The Morgan fingerprint density at radius 3 is 3.00 bits per heavy atom. The highest BCUT2D eigenvalue weighted by molar-refractivity contribution is 5.86. The largest absolute Gasteiger partial charge is 0.497 e. The van der Waals surface area contributed by atoms with Crippen molar-refractivity contribution in [2.75, 3.05) is 32.1 Å². The van der Waals surface area contributed by atoms with Gasteiger partial charge in [0.05, 0.1) is 31.8 Å². The molecular weight excluding hydrogens is 356 g/mol. The summed E-state index contributed by atoms with van der Waals surface area (Å²) < 4.78 is 10.1. The number of carbonyl (C=O) groups is 1. The molecule has 1 saturated heterocycles. The molecule has 1 N–H and O–H groups in total. The number of anilines is 1. The number of likely N-dealkylation sites (tertiary alicyclic amines) is 1. The van der Waals surface area contributed by atoms with Crippen LogP contribution in [0.1, 0.15) is 24.6 Å². The fourth-order valence-corrected chi connectivity index (χ4v) is 3.17. The molecule has 2 heterocycles. The Balaban J connectivity index is 1.49. The van der Waals surface area contributed by atoms with Gasteiger partial charge in [-0.15, -0.1) is 0 Å². The average molecular weight is 382 g/mol. The van der Waals surface area contributed by atoms with Crippen LogP contribution in [0.2, 0.25) is 0 Å².